The van der Waals surface area contributed by atoms with Gasteiger partial charge in [0, 0.05) is 17.6 Å². The van der Waals surface area contributed by atoms with E-state index in [0.29, 0.717) is 22.3 Å². The zero-order chi connectivity index (χ0) is 21.3. The molecule has 3 N–H and O–H groups in total. The highest BCUT2D eigenvalue weighted by Crippen LogP contribution is 2.16. The number of imidazole rings is 1. The molecule has 1 amide bonds. The van der Waals surface area contributed by atoms with Gasteiger partial charge >= 0.3 is 11.7 Å². The van der Waals surface area contributed by atoms with Gasteiger partial charge in [0.1, 0.15) is 0 Å². The van der Waals surface area contributed by atoms with Crippen molar-refractivity contribution in [1.82, 2.24) is 19.7 Å². The van der Waals surface area contributed by atoms with Crippen LogP contribution in [0.2, 0.25) is 0 Å². The van der Waals surface area contributed by atoms with Crippen LogP contribution in [0.4, 0.5) is 5.69 Å². The van der Waals surface area contributed by atoms with Crippen LogP contribution < -0.4 is 11.0 Å². The Bertz CT molecular complexity index is 1280. The highest BCUT2D eigenvalue weighted by molar-refractivity contribution is 5.98. The zero-order valence-electron chi connectivity index (χ0n) is 16.3. The summed E-state index contributed by atoms with van der Waals surface area (Å²) in [5.74, 6) is -1.09. The summed E-state index contributed by atoms with van der Waals surface area (Å²) >= 11 is 0. The molecule has 9 heteroatoms. The van der Waals surface area contributed by atoms with Crippen molar-refractivity contribution >= 4 is 28.6 Å². The average Bonchev–Trinajstić information content (AvgIpc) is 3.32. The van der Waals surface area contributed by atoms with Crippen molar-refractivity contribution in [1.29, 1.82) is 0 Å². The number of carbonyl (C=O) groups excluding carboxylic acids is 2. The van der Waals surface area contributed by atoms with Crippen molar-refractivity contribution in [2.75, 3.05) is 5.32 Å². The number of fused-ring (bicyclic) bond motifs is 1. The number of aromatic amines is 2. The first kappa shape index (κ1) is 19.2. The van der Waals surface area contributed by atoms with Crippen molar-refractivity contribution in [2.45, 2.75) is 20.0 Å². The number of benzene rings is 2. The molecule has 2 aromatic heterocycles. The molecule has 4 aromatic rings. The maximum atomic E-state index is 12.4. The van der Waals surface area contributed by atoms with E-state index < -0.39 is 18.0 Å². The molecular formula is C21H19N5O4. The van der Waals surface area contributed by atoms with Crippen LogP contribution in [0.3, 0.4) is 0 Å². The van der Waals surface area contributed by atoms with E-state index in [1.807, 2.05) is 13.0 Å². The molecule has 0 fully saturated rings. The first-order valence-electron chi connectivity index (χ1n) is 9.26. The number of aryl methyl sites for hydroxylation is 1. The van der Waals surface area contributed by atoms with E-state index in [4.69, 9.17) is 4.74 Å². The van der Waals surface area contributed by atoms with E-state index >= 15 is 0 Å². The molecule has 0 aliphatic heterocycles. The zero-order valence-corrected chi connectivity index (χ0v) is 16.3. The second kappa shape index (κ2) is 7.70. The number of rotatable bonds is 5. The number of aromatic nitrogens is 4. The first-order chi connectivity index (χ1) is 14.4. The molecule has 0 bridgehead atoms. The number of nitrogens with one attached hydrogen (secondary N) is 3. The van der Waals surface area contributed by atoms with Gasteiger partial charge in [-0.1, -0.05) is 0 Å². The van der Waals surface area contributed by atoms with E-state index in [9.17, 15) is 14.4 Å². The fourth-order valence-corrected chi connectivity index (χ4v) is 3.01. The molecule has 4 rings (SSSR count). The second-order valence-electron chi connectivity index (χ2n) is 6.81. The number of carbonyl (C=O) groups is 2. The highest BCUT2D eigenvalue weighted by atomic mass is 16.5. The van der Waals surface area contributed by atoms with E-state index in [1.54, 1.807) is 53.3 Å². The Hall–Kier alpha value is -4.14. The summed E-state index contributed by atoms with van der Waals surface area (Å²) in [4.78, 5) is 41.3. The third kappa shape index (κ3) is 3.86. The van der Waals surface area contributed by atoms with Gasteiger partial charge in [0.2, 0.25) is 0 Å². The van der Waals surface area contributed by atoms with E-state index in [2.05, 4.69) is 20.4 Å². The first-order valence-corrected chi connectivity index (χ1v) is 9.26. The summed E-state index contributed by atoms with van der Waals surface area (Å²) in [7, 11) is 0. The van der Waals surface area contributed by atoms with Gasteiger partial charge in [0.05, 0.1) is 22.3 Å². The molecule has 1 atom stereocenters. The molecule has 30 heavy (non-hydrogen) atoms. The summed E-state index contributed by atoms with van der Waals surface area (Å²) < 4.78 is 7.03. The summed E-state index contributed by atoms with van der Waals surface area (Å²) in [6.07, 6.45) is 0.690. The normalized spacial score (nSPS) is 11.9. The predicted molar refractivity (Wildman–Crippen MR) is 111 cm³/mol. The van der Waals surface area contributed by atoms with Crippen LogP contribution in [0.15, 0.2) is 59.5 Å². The lowest BCUT2D eigenvalue weighted by Gasteiger charge is -2.14. The molecule has 2 heterocycles. The number of nitrogens with zero attached hydrogens (tertiary/aromatic N) is 2. The Labute approximate surface area is 170 Å². The minimum atomic E-state index is -1.01. The molecule has 0 saturated heterocycles. The topological polar surface area (TPSA) is 122 Å². The van der Waals surface area contributed by atoms with E-state index in [-0.39, 0.29) is 5.69 Å². The number of anilines is 1. The molecule has 0 aliphatic carbocycles. The minimum absolute atomic E-state index is 0.328. The number of esters is 1. The lowest BCUT2D eigenvalue weighted by molar-refractivity contribution is -0.123. The highest BCUT2D eigenvalue weighted by Gasteiger charge is 2.19. The van der Waals surface area contributed by atoms with Gasteiger partial charge in [0.15, 0.2) is 6.10 Å². The molecule has 0 unspecified atom stereocenters. The third-order valence-electron chi connectivity index (χ3n) is 4.62. The number of hydrogen-bond acceptors (Lipinski definition) is 5. The standard InChI is InChI=1S/C21H19N5O4/c1-12-9-10-22-26(12)16-6-3-14(4-7-16)20(28)30-13(2)19(27)23-15-5-8-17-18(11-15)25-21(29)24-17/h3-11,13H,1-2H3,(H,23,27)(H2,24,25,29)/t13-/m1/s1. The smallest absolute Gasteiger partial charge is 0.338 e. The fourth-order valence-electron chi connectivity index (χ4n) is 3.01. The lowest BCUT2D eigenvalue weighted by Crippen LogP contribution is -2.30. The molecular weight excluding hydrogens is 386 g/mol. The minimum Gasteiger partial charge on any atom is -0.449 e. The van der Waals surface area contributed by atoms with Crippen LogP contribution in [-0.2, 0) is 9.53 Å². The van der Waals surface area contributed by atoms with Crippen LogP contribution in [0, 0.1) is 6.92 Å². The van der Waals surface area contributed by atoms with Crippen LogP contribution in [0.1, 0.15) is 23.0 Å². The summed E-state index contributed by atoms with van der Waals surface area (Å²) in [5.41, 5.74) is 3.46. The number of H-pyrrole nitrogens is 2. The summed E-state index contributed by atoms with van der Waals surface area (Å²) in [6.45, 7) is 3.42. The second-order valence-corrected chi connectivity index (χ2v) is 6.81. The molecule has 0 aliphatic rings. The molecule has 0 saturated carbocycles. The molecule has 152 valence electrons. The predicted octanol–water partition coefficient (Wildman–Crippen LogP) is 2.53. The van der Waals surface area contributed by atoms with Crippen molar-refractivity contribution in [3.63, 3.8) is 0 Å². The van der Waals surface area contributed by atoms with Crippen molar-refractivity contribution < 1.29 is 14.3 Å². The Morgan fingerprint density at radius 1 is 1.07 bits per heavy atom. The Morgan fingerprint density at radius 3 is 2.50 bits per heavy atom. The van der Waals surface area contributed by atoms with Crippen LogP contribution >= 0.6 is 0 Å². The van der Waals surface area contributed by atoms with Crippen molar-refractivity contribution in [3.8, 4) is 5.69 Å². The van der Waals surface area contributed by atoms with Crippen LogP contribution in [0.5, 0.6) is 0 Å². The van der Waals surface area contributed by atoms with E-state index in [1.165, 1.54) is 6.92 Å². The monoisotopic (exact) mass is 405 g/mol. The average molecular weight is 405 g/mol. The third-order valence-corrected chi connectivity index (χ3v) is 4.62. The molecule has 0 radical (unpaired) electrons. The molecule has 0 spiro atoms. The Kier molecular flexibility index (Phi) is 4.93. The van der Waals surface area contributed by atoms with Crippen LogP contribution in [-0.4, -0.2) is 37.7 Å². The maximum absolute atomic E-state index is 12.4. The fraction of sp³-hybridized carbons (Fsp3) is 0.143. The van der Waals surface area contributed by atoms with Gasteiger partial charge in [-0.25, -0.2) is 14.3 Å². The SMILES string of the molecule is Cc1ccnn1-c1ccc(C(=O)O[C@H](C)C(=O)Nc2ccc3[nH]c(=O)[nH]c3c2)cc1. The number of amides is 1. The number of hydrogen-bond donors (Lipinski definition) is 3. The quantitative estimate of drug-likeness (QED) is 0.441. The van der Waals surface area contributed by atoms with Crippen LogP contribution in [0.25, 0.3) is 16.7 Å². The maximum Gasteiger partial charge on any atom is 0.338 e. The Morgan fingerprint density at radius 2 is 1.80 bits per heavy atom. The van der Waals surface area contributed by atoms with E-state index in [0.717, 1.165) is 11.4 Å². The Balaban J connectivity index is 1.40. The van der Waals surface area contributed by atoms with Gasteiger partial charge in [-0.3, -0.25) is 4.79 Å². The molecule has 2 aromatic carbocycles. The van der Waals surface area contributed by atoms with Crippen molar-refractivity contribution in [3.05, 3.63) is 76.5 Å². The van der Waals surface area contributed by atoms with Gasteiger partial charge in [-0.05, 0) is 62.4 Å². The molecule has 9 nitrogen and oxygen atoms in total. The summed E-state index contributed by atoms with van der Waals surface area (Å²) in [5, 5.41) is 6.89. The number of ether oxygens (including phenoxy) is 1. The van der Waals surface area contributed by atoms with Crippen molar-refractivity contribution in [2.24, 2.45) is 0 Å². The largest absolute Gasteiger partial charge is 0.449 e. The van der Waals surface area contributed by atoms with Gasteiger partial charge in [-0.2, -0.15) is 5.10 Å². The van der Waals surface area contributed by atoms with Gasteiger partial charge < -0.3 is 20.0 Å². The van der Waals surface area contributed by atoms with Gasteiger partial charge in [0.25, 0.3) is 5.91 Å². The van der Waals surface area contributed by atoms with Gasteiger partial charge in [-0.15, -0.1) is 0 Å². The summed E-state index contributed by atoms with van der Waals surface area (Å²) in [6, 6.07) is 13.6. The lowest BCUT2D eigenvalue weighted by atomic mass is 10.2.